The summed E-state index contributed by atoms with van der Waals surface area (Å²) in [5, 5.41) is 0.0681. The zero-order chi connectivity index (χ0) is 12.3. The molecule has 90 valence electrons. The van der Waals surface area contributed by atoms with Crippen molar-refractivity contribution in [3.8, 4) is 5.88 Å². The fraction of sp³-hybridized carbons (Fsp3) is 0.444. The lowest BCUT2D eigenvalue weighted by atomic mass is 10.00. The highest BCUT2D eigenvalue weighted by atomic mass is 35.5. The van der Waals surface area contributed by atoms with Crippen LogP contribution in [0.15, 0.2) is 12.1 Å². The van der Waals surface area contributed by atoms with Gasteiger partial charge in [0.2, 0.25) is 5.88 Å². The molecule has 1 aromatic heterocycles. The number of nitrogens with zero attached hydrogens (tertiary/aromatic N) is 1. The average Bonchev–Trinajstić information content (AvgIpc) is 2.19. The molecule has 0 aliphatic rings. The SMILES string of the molecule is COc1nc(Cl)ccc1C(CN)C(F)(F)F. The van der Waals surface area contributed by atoms with Crippen LogP contribution in [0.4, 0.5) is 13.2 Å². The molecule has 0 amide bonds. The Balaban J connectivity index is 3.20. The van der Waals surface area contributed by atoms with Crippen LogP contribution >= 0.6 is 11.6 Å². The molecule has 16 heavy (non-hydrogen) atoms. The molecule has 3 nitrogen and oxygen atoms in total. The van der Waals surface area contributed by atoms with Crippen LogP contribution < -0.4 is 10.5 Å². The molecule has 2 N–H and O–H groups in total. The van der Waals surface area contributed by atoms with Gasteiger partial charge in [-0.3, -0.25) is 0 Å². The average molecular weight is 255 g/mol. The highest BCUT2D eigenvalue weighted by Crippen LogP contribution is 2.37. The Hall–Kier alpha value is -1.01. The number of methoxy groups -OCH3 is 1. The van der Waals surface area contributed by atoms with Crippen LogP contribution in [-0.4, -0.2) is 24.8 Å². The molecule has 0 aliphatic heterocycles. The molecule has 0 aromatic carbocycles. The molecule has 1 rings (SSSR count). The van der Waals surface area contributed by atoms with Gasteiger partial charge >= 0.3 is 6.18 Å². The molecular formula is C9H10ClF3N2O. The van der Waals surface area contributed by atoms with Crippen molar-refractivity contribution < 1.29 is 17.9 Å². The van der Waals surface area contributed by atoms with Crippen molar-refractivity contribution >= 4 is 11.6 Å². The summed E-state index contributed by atoms with van der Waals surface area (Å²) < 4.78 is 42.6. The normalized spacial score (nSPS) is 13.6. The van der Waals surface area contributed by atoms with Crippen molar-refractivity contribution in [1.82, 2.24) is 4.98 Å². The fourth-order valence-electron chi connectivity index (χ4n) is 1.29. The van der Waals surface area contributed by atoms with E-state index >= 15 is 0 Å². The van der Waals surface area contributed by atoms with Gasteiger partial charge in [0, 0.05) is 12.1 Å². The van der Waals surface area contributed by atoms with Gasteiger partial charge in [0.15, 0.2) is 0 Å². The predicted molar refractivity (Wildman–Crippen MR) is 53.6 cm³/mol. The Labute approximate surface area is 95.4 Å². The third-order valence-electron chi connectivity index (χ3n) is 2.06. The largest absolute Gasteiger partial charge is 0.481 e. The van der Waals surface area contributed by atoms with Crippen LogP contribution in [0.3, 0.4) is 0 Å². The summed E-state index contributed by atoms with van der Waals surface area (Å²) in [4.78, 5) is 3.66. The van der Waals surface area contributed by atoms with Gasteiger partial charge in [-0.15, -0.1) is 0 Å². The van der Waals surface area contributed by atoms with Crippen LogP contribution in [0.1, 0.15) is 11.5 Å². The molecule has 1 unspecified atom stereocenters. The molecule has 1 atom stereocenters. The molecule has 1 heterocycles. The molecule has 0 aliphatic carbocycles. The van der Waals surface area contributed by atoms with Crippen molar-refractivity contribution in [3.05, 3.63) is 22.8 Å². The molecule has 1 aromatic rings. The Morgan fingerprint density at radius 1 is 1.50 bits per heavy atom. The summed E-state index contributed by atoms with van der Waals surface area (Å²) >= 11 is 5.55. The van der Waals surface area contributed by atoms with E-state index in [9.17, 15) is 13.2 Å². The standard InChI is InChI=1S/C9H10ClF3N2O/c1-16-8-5(2-3-7(10)15-8)6(4-14)9(11,12)13/h2-3,6H,4,14H2,1H3. The number of nitrogens with two attached hydrogens (primary N) is 1. The zero-order valence-corrected chi connectivity index (χ0v) is 9.14. The maximum absolute atomic E-state index is 12.6. The maximum atomic E-state index is 12.6. The van der Waals surface area contributed by atoms with Gasteiger partial charge in [-0.25, -0.2) is 4.98 Å². The van der Waals surface area contributed by atoms with E-state index in [1.165, 1.54) is 19.2 Å². The van der Waals surface area contributed by atoms with Crippen LogP contribution in [0.5, 0.6) is 5.88 Å². The number of rotatable bonds is 3. The molecule has 7 heteroatoms. The highest BCUT2D eigenvalue weighted by Gasteiger charge is 2.41. The lowest BCUT2D eigenvalue weighted by molar-refractivity contribution is -0.148. The monoisotopic (exact) mass is 254 g/mol. The predicted octanol–water partition coefficient (Wildman–Crippen LogP) is 2.35. The minimum atomic E-state index is -4.43. The van der Waals surface area contributed by atoms with Gasteiger partial charge in [-0.1, -0.05) is 11.6 Å². The van der Waals surface area contributed by atoms with Crippen molar-refractivity contribution in [2.75, 3.05) is 13.7 Å². The minimum absolute atomic E-state index is 0.0681. The molecule has 0 saturated heterocycles. The van der Waals surface area contributed by atoms with Crippen LogP contribution in [0, 0.1) is 0 Å². The Kier molecular flexibility index (Phi) is 3.98. The zero-order valence-electron chi connectivity index (χ0n) is 8.38. The number of halogens is 4. The fourth-order valence-corrected chi connectivity index (χ4v) is 1.43. The first-order valence-electron chi connectivity index (χ1n) is 4.37. The Bertz CT molecular complexity index is 370. The summed E-state index contributed by atoms with van der Waals surface area (Å²) in [6.07, 6.45) is -4.43. The van der Waals surface area contributed by atoms with Gasteiger partial charge in [0.1, 0.15) is 5.15 Å². The lowest BCUT2D eigenvalue weighted by Gasteiger charge is -2.20. The van der Waals surface area contributed by atoms with E-state index in [1.807, 2.05) is 0 Å². The topological polar surface area (TPSA) is 48.1 Å². The second-order valence-corrected chi connectivity index (χ2v) is 3.45. The van der Waals surface area contributed by atoms with Crippen molar-refractivity contribution in [2.45, 2.75) is 12.1 Å². The summed E-state index contributed by atoms with van der Waals surface area (Å²) in [6, 6.07) is 2.49. The van der Waals surface area contributed by atoms with Gasteiger partial charge in [0.05, 0.1) is 13.0 Å². The van der Waals surface area contributed by atoms with E-state index in [0.717, 1.165) is 0 Å². The third-order valence-corrected chi connectivity index (χ3v) is 2.27. The lowest BCUT2D eigenvalue weighted by Crippen LogP contribution is -2.28. The molecule has 0 fully saturated rings. The molecule has 0 spiro atoms. The van der Waals surface area contributed by atoms with Crippen LogP contribution in [0.2, 0.25) is 5.15 Å². The number of ether oxygens (including phenoxy) is 1. The first-order valence-corrected chi connectivity index (χ1v) is 4.75. The summed E-state index contributed by atoms with van der Waals surface area (Å²) in [7, 11) is 1.23. The molecule has 0 radical (unpaired) electrons. The Morgan fingerprint density at radius 2 is 2.12 bits per heavy atom. The van der Waals surface area contributed by atoms with Gasteiger partial charge in [-0.05, 0) is 12.1 Å². The van der Waals surface area contributed by atoms with Gasteiger partial charge < -0.3 is 10.5 Å². The van der Waals surface area contributed by atoms with E-state index in [2.05, 4.69) is 4.98 Å². The van der Waals surface area contributed by atoms with Crippen molar-refractivity contribution in [3.63, 3.8) is 0 Å². The summed E-state index contributed by atoms with van der Waals surface area (Å²) in [5.74, 6) is -1.95. The van der Waals surface area contributed by atoms with Gasteiger partial charge in [-0.2, -0.15) is 13.2 Å². The van der Waals surface area contributed by atoms with Crippen molar-refractivity contribution in [1.29, 1.82) is 0 Å². The number of hydrogen-bond acceptors (Lipinski definition) is 3. The number of alkyl halides is 3. The van der Waals surface area contributed by atoms with Crippen LogP contribution in [0.25, 0.3) is 0 Å². The molecule has 0 saturated carbocycles. The second-order valence-electron chi connectivity index (χ2n) is 3.06. The smallest absolute Gasteiger partial charge is 0.397 e. The number of aromatic nitrogens is 1. The maximum Gasteiger partial charge on any atom is 0.397 e. The molecule has 0 bridgehead atoms. The first kappa shape index (κ1) is 13.1. The van der Waals surface area contributed by atoms with E-state index in [1.54, 1.807) is 0 Å². The second kappa shape index (κ2) is 4.88. The van der Waals surface area contributed by atoms with E-state index in [4.69, 9.17) is 22.1 Å². The van der Waals surface area contributed by atoms with Gasteiger partial charge in [0.25, 0.3) is 0 Å². The summed E-state index contributed by atoms with van der Waals surface area (Å²) in [6.45, 7) is -0.566. The van der Waals surface area contributed by atoms with E-state index in [-0.39, 0.29) is 16.6 Å². The number of pyridine rings is 1. The quantitative estimate of drug-likeness (QED) is 0.843. The minimum Gasteiger partial charge on any atom is -0.481 e. The highest BCUT2D eigenvalue weighted by molar-refractivity contribution is 6.29. The summed E-state index contributed by atoms with van der Waals surface area (Å²) in [5.41, 5.74) is 5.01. The number of hydrogen-bond donors (Lipinski definition) is 1. The van der Waals surface area contributed by atoms with Crippen LogP contribution in [-0.2, 0) is 0 Å². The van der Waals surface area contributed by atoms with E-state index in [0.29, 0.717) is 0 Å². The van der Waals surface area contributed by atoms with Crippen molar-refractivity contribution in [2.24, 2.45) is 5.73 Å². The first-order chi connectivity index (χ1) is 7.40. The van der Waals surface area contributed by atoms with E-state index < -0.39 is 18.6 Å². The Morgan fingerprint density at radius 3 is 2.56 bits per heavy atom. The molecular weight excluding hydrogens is 245 g/mol. The third kappa shape index (κ3) is 2.76.